The summed E-state index contributed by atoms with van der Waals surface area (Å²) in [5.41, 5.74) is 6.74. The number of hydrogen-bond acceptors (Lipinski definition) is 0. The summed E-state index contributed by atoms with van der Waals surface area (Å²) in [7, 11) is 0. The van der Waals surface area contributed by atoms with Crippen LogP contribution in [0.3, 0.4) is 0 Å². The lowest BCUT2D eigenvalue weighted by atomic mass is 9.88. The first-order chi connectivity index (χ1) is 11.1. The van der Waals surface area contributed by atoms with Gasteiger partial charge in [0.05, 0.1) is 0 Å². The minimum absolute atomic E-state index is 1.31. The highest BCUT2D eigenvalue weighted by atomic mass is 14.2. The van der Waals surface area contributed by atoms with Gasteiger partial charge in [-0.25, -0.2) is 0 Å². The van der Waals surface area contributed by atoms with Crippen molar-refractivity contribution in [3.8, 4) is 11.1 Å². The van der Waals surface area contributed by atoms with Gasteiger partial charge in [-0.2, -0.15) is 0 Å². The van der Waals surface area contributed by atoms with E-state index in [1.54, 1.807) is 0 Å². The predicted octanol–water partition coefficient (Wildman–Crippen LogP) is 6.59. The molecule has 4 rings (SSSR count). The zero-order valence-electron chi connectivity index (χ0n) is 13.9. The van der Waals surface area contributed by atoms with E-state index >= 15 is 0 Å². The zero-order valence-corrected chi connectivity index (χ0v) is 13.9. The van der Waals surface area contributed by atoms with E-state index in [1.807, 2.05) is 0 Å². The number of benzene rings is 4. The van der Waals surface area contributed by atoms with Crippen molar-refractivity contribution in [2.45, 2.75) is 20.8 Å². The van der Waals surface area contributed by atoms with E-state index in [0.717, 1.165) is 0 Å². The van der Waals surface area contributed by atoms with E-state index in [9.17, 15) is 0 Å². The Hall–Kier alpha value is -2.60. The molecule has 0 nitrogen and oxygen atoms in total. The average molecular weight is 296 g/mol. The second kappa shape index (κ2) is 5.24. The molecule has 23 heavy (non-hydrogen) atoms. The molecular weight excluding hydrogens is 276 g/mol. The Morgan fingerprint density at radius 1 is 0.565 bits per heavy atom. The van der Waals surface area contributed by atoms with Crippen LogP contribution in [0.5, 0.6) is 0 Å². The summed E-state index contributed by atoms with van der Waals surface area (Å²) in [6.45, 7) is 6.61. The quantitative estimate of drug-likeness (QED) is 0.348. The topological polar surface area (TPSA) is 0 Å². The smallest absolute Gasteiger partial charge is 0.00937 e. The van der Waals surface area contributed by atoms with Gasteiger partial charge in [-0.1, -0.05) is 66.2 Å². The molecule has 0 spiro atoms. The predicted molar refractivity (Wildman–Crippen MR) is 101 cm³/mol. The first-order valence-corrected chi connectivity index (χ1v) is 8.14. The Kier molecular flexibility index (Phi) is 3.20. The standard InChI is InChI=1S/C23H20/c1-15-12-16(2)23(17(3)13-15)22-14-18-8-4-5-9-19(18)20-10-6-7-11-21(20)22/h4-14H,1-3H3. The van der Waals surface area contributed by atoms with E-state index in [0.29, 0.717) is 0 Å². The highest BCUT2D eigenvalue weighted by Gasteiger charge is 2.12. The highest BCUT2D eigenvalue weighted by molar-refractivity contribution is 6.14. The van der Waals surface area contributed by atoms with Crippen molar-refractivity contribution in [3.05, 3.63) is 83.4 Å². The lowest BCUT2D eigenvalue weighted by Crippen LogP contribution is -1.92. The third-order valence-electron chi connectivity index (χ3n) is 4.71. The second-order valence-electron chi connectivity index (χ2n) is 6.46. The van der Waals surface area contributed by atoms with Gasteiger partial charge in [0.1, 0.15) is 0 Å². The van der Waals surface area contributed by atoms with E-state index in [2.05, 4.69) is 87.5 Å². The van der Waals surface area contributed by atoms with Crippen LogP contribution in [-0.2, 0) is 0 Å². The Morgan fingerprint density at radius 3 is 1.83 bits per heavy atom. The molecule has 0 saturated carbocycles. The molecule has 0 heteroatoms. The Bertz CT molecular complexity index is 1020. The van der Waals surface area contributed by atoms with Gasteiger partial charge < -0.3 is 0 Å². The lowest BCUT2D eigenvalue weighted by molar-refractivity contribution is 1.32. The molecule has 0 fully saturated rings. The van der Waals surface area contributed by atoms with Gasteiger partial charge in [0.2, 0.25) is 0 Å². The summed E-state index contributed by atoms with van der Waals surface area (Å²) >= 11 is 0. The largest absolute Gasteiger partial charge is 0.0616 e. The summed E-state index contributed by atoms with van der Waals surface area (Å²) in [5, 5.41) is 5.30. The van der Waals surface area contributed by atoms with Crippen molar-refractivity contribution in [2.75, 3.05) is 0 Å². The van der Waals surface area contributed by atoms with Crippen LogP contribution >= 0.6 is 0 Å². The molecule has 0 aliphatic heterocycles. The van der Waals surface area contributed by atoms with Crippen molar-refractivity contribution >= 4 is 21.5 Å². The van der Waals surface area contributed by atoms with E-state index in [1.165, 1.54) is 49.4 Å². The number of hydrogen-bond donors (Lipinski definition) is 0. The maximum atomic E-state index is 2.35. The summed E-state index contributed by atoms with van der Waals surface area (Å²) < 4.78 is 0. The molecule has 112 valence electrons. The van der Waals surface area contributed by atoms with Gasteiger partial charge in [-0.05, 0) is 70.6 Å². The van der Waals surface area contributed by atoms with E-state index in [-0.39, 0.29) is 0 Å². The first-order valence-electron chi connectivity index (χ1n) is 8.14. The molecule has 0 heterocycles. The fourth-order valence-corrected chi connectivity index (χ4v) is 3.87. The van der Waals surface area contributed by atoms with Gasteiger partial charge in [0, 0.05) is 0 Å². The van der Waals surface area contributed by atoms with Crippen LogP contribution in [0.2, 0.25) is 0 Å². The molecule has 0 N–H and O–H groups in total. The van der Waals surface area contributed by atoms with Crippen LogP contribution in [-0.4, -0.2) is 0 Å². The average Bonchev–Trinajstić information content (AvgIpc) is 2.54. The Balaban J connectivity index is 2.19. The number of aryl methyl sites for hydroxylation is 3. The monoisotopic (exact) mass is 296 g/mol. The fourth-order valence-electron chi connectivity index (χ4n) is 3.87. The highest BCUT2D eigenvalue weighted by Crippen LogP contribution is 2.37. The maximum absolute atomic E-state index is 2.35. The molecule has 0 aromatic heterocycles. The van der Waals surface area contributed by atoms with Crippen molar-refractivity contribution < 1.29 is 0 Å². The third-order valence-corrected chi connectivity index (χ3v) is 4.71. The third kappa shape index (κ3) is 2.22. The summed E-state index contributed by atoms with van der Waals surface area (Å²) in [6.07, 6.45) is 0. The van der Waals surface area contributed by atoms with Gasteiger partial charge in [-0.15, -0.1) is 0 Å². The van der Waals surface area contributed by atoms with Crippen LogP contribution in [0.15, 0.2) is 66.7 Å². The number of rotatable bonds is 1. The Morgan fingerprint density at radius 2 is 1.13 bits per heavy atom. The lowest BCUT2D eigenvalue weighted by Gasteiger charge is -2.16. The second-order valence-corrected chi connectivity index (χ2v) is 6.46. The molecular formula is C23H20. The van der Waals surface area contributed by atoms with Crippen molar-refractivity contribution in [1.82, 2.24) is 0 Å². The normalized spacial score (nSPS) is 11.3. The van der Waals surface area contributed by atoms with Crippen LogP contribution in [0.1, 0.15) is 16.7 Å². The summed E-state index contributed by atoms with van der Waals surface area (Å²) in [5.74, 6) is 0. The van der Waals surface area contributed by atoms with Gasteiger partial charge in [0.25, 0.3) is 0 Å². The number of fused-ring (bicyclic) bond motifs is 3. The molecule has 0 radical (unpaired) electrons. The molecule has 0 amide bonds. The van der Waals surface area contributed by atoms with E-state index in [4.69, 9.17) is 0 Å². The summed E-state index contributed by atoms with van der Waals surface area (Å²) in [4.78, 5) is 0. The zero-order chi connectivity index (χ0) is 16.0. The minimum atomic E-state index is 1.31. The molecule has 4 aromatic rings. The van der Waals surface area contributed by atoms with Gasteiger partial charge >= 0.3 is 0 Å². The van der Waals surface area contributed by atoms with Crippen LogP contribution in [0.25, 0.3) is 32.7 Å². The van der Waals surface area contributed by atoms with Crippen LogP contribution in [0, 0.1) is 20.8 Å². The van der Waals surface area contributed by atoms with Crippen LogP contribution in [0.4, 0.5) is 0 Å². The Labute approximate surface area is 137 Å². The first kappa shape index (κ1) is 14.0. The molecule has 0 saturated heterocycles. The molecule has 0 bridgehead atoms. The molecule has 0 aliphatic rings. The molecule has 0 unspecified atom stereocenters. The molecule has 0 atom stereocenters. The minimum Gasteiger partial charge on any atom is -0.0616 e. The molecule has 0 aliphatic carbocycles. The van der Waals surface area contributed by atoms with Crippen molar-refractivity contribution in [1.29, 1.82) is 0 Å². The van der Waals surface area contributed by atoms with Gasteiger partial charge in [-0.3, -0.25) is 0 Å². The summed E-state index contributed by atoms with van der Waals surface area (Å²) in [6, 6.07) is 24.3. The fraction of sp³-hybridized carbons (Fsp3) is 0.130. The van der Waals surface area contributed by atoms with Gasteiger partial charge in [0.15, 0.2) is 0 Å². The maximum Gasteiger partial charge on any atom is -0.00937 e. The van der Waals surface area contributed by atoms with E-state index < -0.39 is 0 Å². The molecule has 4 aromatic carbocycles. The SMILES string of the molecule is Cc1cc(C)c(-c2cc3ccccc3c3ccccc23)c(C)c1. The van der Waals surface area contributed by atoms with Crippen molar-refractivity contribution in [3.63, 3.8) is 0 Å². The van der Waals surface area contributed by atoms with Crippen molar-refractivity contribution in [2.24, 2.45) is 0 Å². The van der Waals surface area contributed by atoms with Crippen LogP contribution < -0.4 is 0 Å².